The van der Waals surface area contributed by atoms with Crippen molar-refractivity contribution in [1.29, 1.82) is 0 Å². The van der Waals surface area contributed by atoms with E-state index in [9.17, 15) is 18.0 Å². The minimum absolute atomic E-state index is 0.0523. The number of nitrogens with zero attached hydrogens (tertiary/aromatic N) is 1. The molecule has 20 heavy (non-hydrogen) atoms. The number of carboxylic acids is 1. The van der Waals surface area contributed by atoms with E-state index in [0.717, 1.165) is 6.07 Å². The van der Waals surface area contributed by atoms with Gasteiger partial charge >= 0.3 is 12.1 Å². The first kappa shape index (κ1) is 14.6. The first-order valence-corrected chi connectivity index (χ1v) is 6.07. The van der Waals surface area contributed by atoms with Crippen molar-refractivity contribution in [2.75, 3.05) is 0 Å². The number of benzene rings is 1. The lowest BCUT2D eigenvalue weighted by atomic mass is 10.1. The SMILES string of the molecule is Cc1oc(-c2ccc(Br)cc2C(F)(F)F)nc1C(=O)O. The average Bonchev–Trinajstić information content (AvgIpc) is 2.70. The van der Waals surface area contributed by atoms with Crippen molar-refractivity contribution < 1.29 is 27.5 Å². The van der Waals surface area contributed by atoms with Crippen LogP contribution in [0.15, 0.2) is 27.1 Å². The molecule has 0 unspecified atom stereocenters. The Kier molecular flexibility index (Phi) is 3.59. The van der Waals surface area contributed by atoms with E-state index in [-0.39, 0.29) is 21.7 Å². The molecule has 0 atom stereocenters. The molecule has 1 heterocycles. The Balaban J connectivity index is 2.64. The Morgan fingerprint density at radius 2 is 2.05 bits per heavy atom. The Morgan fingerprint density at radius 1 is 1.40 bits per heavy atom. The summed E-state index contributed by atoms with van der Waals surface area (Å²) < 4.78 is 44.2. The van der Waals surface area contributed by atoms with Crippen LogP contribution in [0.3, 0.4) is 0 Å². The number of hydrogen-bond acceptors (Lipinski definition) is 3. The molecule has 1 N–H and O–H groups in total. The normalized spacial score (nSPS) is 11.7. The molecule has 0 fully saturated rings. The van der Waals surface area contributed by atoms with Gasteiger partial charge in [0.25, 0.3) is 0 Å². The number of rotatable bonds is 2. The van der Waals surface area contributed by atoms with Gasteiger partial charge in [-0.05, 0) is 25.1 Å². The molecule has 0 saturated carbocycles. The van der Waals surface area contributed by atoms with E-state index in [1.165, 1.54) is 19.1 Å². The minimum atomic E-state index is -4.61. The standard InChI is InChI=1S/C12H7BrF3NO3/c1-5-9(11(18)19)17-10(20-5)7-3-2-6(13)4-8(7)12(14,15)16/h2-4H,1H3,(H,18,19). The van der Waals surface area contributed by atoms with Gasteiger partial charge in [0.15, 0.2) is 5.69 Å². The molecule has 4 nitrogen and oxygen atoms in total. The summed E-state index contributed by atoms with van der Waals surface area (Å²) in [5.41, 5.74) is -1.67. The second-order valence-corrected chi connectivity index (χ2v) is 4.83. The number of carboxylic acid groups (broad SMARTS) is 1. The lowest BCUT2D eigenvalue weighted by Crippen LogP contribution is -2.07. The van der Waals surface area contributed by atoms with Crippen LogP contribution in [0.1, 0.15) is 21.8 Å². The number of halogens is 4. The zero-order valence-corrected chi connectivity index (χ0v) is 11.5. The largest absolute Gasteiger partial charge is 0.476 e. The second-order valence-electron chi connectivity index (χ2n) is 3.92. The third-order valence-corrected chi connectivity index (χ3v) is 3.01. The number of aromatic nitrogens is 1. The molecule has 0 saturated heterocycles. The van der Waals surface area contributed by atoms with E-state index in [2.05, 4.69) is 20.9 Å². The molecule has 0 aliphatic rings. The van der Waals surface area contributed by atoms with E-state index in [1.807, 2.05) is 0 Å². The van der Waals surface area contributed by atoms with Crippen LogP contribution in [0.25, 0.3) is 11.5 Å². The summed E-state index contributed by atoms with van der Waals surface area (Å²) in [6.45, 7) is 1.33. The predicted molar refractivity (Wildman–Crippen MR) is 66.3 cm³/mol. The summed E-state index contributed by atoms with van der Waals surface area (Å²) in [4.78, 5) is 14.5. The molecule has 2 rings (SSSR count). The topological polar surface area (TPSA) is 63.3 Å². The quantitative estimate of drug-likeness (QED) is 0.885. The highest BCUT2D eigenvalue weighted by molar-refractivity contribution is 9.10. The van der Waals surface area contributed by atoms with Gasteiger partial charge in [0.05, 0.1) is 5.56 Å². The zero-order chi connectivity index (χ0) is 15.1. The number of aryl methyl sites for hydroxylation is 1. The predicted octanol–water partition coefficient (Wildman–Crippen LogP) is 4.13. The first-order chi connectivity index (χ1) is 9.20. The monoisotopic (exact) mass is 349 g/mol. The maximum atomic E-state index is 13.0. The molecule has 0 aliphatic carbocycles. The Labute approximate surface area is 119 Å². The number of carbonyl (C=O) groups is 1. The fourth-order valence-corrected chi connectivity index (χ4v) is 2.01. The summed E-state index contributed by atoms with van der Waals surface area (Å²) in [7, 11) is 0. The van der Waals surface area contributed by atoms with Crippen molar-refractivity contribution in [1.82, 2.24) is 4.98 Å². The van der Waals surface area contributed by atoms with E-state index < -0.39 is 23.4 Å². The molecular formula is C12H7BrF3NO3. The number of alkyl halides is 3. The smallest absolute Gasteiger partial charge is 0.417 e. The Morgan fingerprint density at radius 3 is 2.55 bits per heavy atom. The summed E-state index contributed by atoms with van der Waals surface area (Å²) in [5, 5.41) is 8.85. The van der Waals surface area contributed by atoms with Gasteiger partial charge in [-0.2, -0.15) is 13.2 Å². The fraction of sp³-hybridized carbons (Fsp3) is 0.167. The molecule has 1 aromatic carbocycles. The van der Waals surface area contributed by atoms with E-state index >= 15 is 0 Å². The van der Waals surface area contributed by atoms with Gasteiger partial charge in [-0.25, -0.2) is 9.78 Å². The van der Waals surface area contributed by atoms with Crippen LogP contribution in [-0.2, 0) is 6.18 Å². The third kappa shape index (κ3) is 2.69. The lowest BCUT2D eigenvalue weighted by molar-refractivity contribution is -0.137. The molecule has 0 radical (unpaired) electrons. The number of aromatic carboxylic acids is 1. The van der Waals surface area contributed by atoms with Gasteiger partial charge in [0.2, 0.25) is 5.89 Å². The van der Waals surface area contributed by atoms with E-state index in [0.29, 0.717) is 0 Å². The maximum absolute atomic E-state index is 13.0. The van der Waals surface area contributed by atoms with Crippen molar-refractivity contribution in [3.8, 4) is 11.5 Å². The van der Waals surface area contributed by atoms with Crippen molar-refractivity contribution in [2.24, 2.45) is 0 Å². The molecule has 8 heteroatoms. The van der Waals surface area contributed by atoms with E-state index in [1.54, 1.807) is 0 Å². The van der Waals surface area contributed by atoms with Crippen LogP contribution in [0.4, 0.5) is 13.2 Å². The third-order valence-electron chi connectivity index (χ3n) is 2.52. The van der Waals surface area contributed by atoms with Crippen LogP contribution in [-0.4, -0.2) is 16.1 Å². The van der Waals surface area contributed by atoms with Crippen LogP contribution < -0.4 is 0 Å². The minimum Gasteiger partial charge on any atom is -0.476 e. The first-order valence-electron chi connectivity index (χ1n) is 5.28. The average molecular weight is 350 g/mol. The Bertz CT molecular complexity index is 679. The van der Waals surface area contributed by atoms with Gasteiger partial charge in [-0.3, -0.25) is 0 Å². The van der Waals surface area contributed by atoms with Crippen molar-refractivity contribution in [3.63, 3.8) is 0 Å². The molecule has 106 valence electrons. The summed E-state index contributed by atoms with van der Waals surface area (Å²) in [5.74, 6) is -1.79. The van der Waals surface area contributed by atoms with Crippen molar-refractivity contribution in [2.45, 2.75) is 13.1 Å². The fourth-order valence-electron chi connectivity index (χ4n) is 1.65. The summed E-state index contributed by atoms with van der Waals surface area (Å²) in [6, 6.07) is 3.45. The summed E-state index contributed by atoms with van der Waals surface area (Å²) >= 11 is 2.96. The van der Waals surface area contributed by atoms with Crippen LogP contribution in [0.5, 0.6) is 0 Å². The van der Waals surface area contributed by atoms with Gasteiger partial charge in [0, 0.05) is 10.0 Å². The Hall–Kier alpha value is -1.83. The van der Waals surface area contributed by atoms with Crippen molar-refractivity contribution >= 4 is 21.9 Å². The highest BCUT2D eigenvalue weighted by atomic mass is 79.9. The molecule has 0 amide bonds. The molecule has 0 aliphatic heterocycles. The zero-order valence-electron chi connectivity index (χ0n) is 9.95. The van der Waals surface area contributed by atoms with Crippen LogP contribution >= 0.6 is 15.9 Å². The molecule has 1 aromatic heterocycles. The van der Waals surface area contributed by atoms with Gasteiger partial charge < -0.3 is 9.52 Å². The maximum Gasteiger partial charge on any atom is 0.417 e. The van der Waals surface area contributed by atoms with Crippen LogP contribution in [0, 0.1) is 6.92 Å². The van der Waals surface area contributed by atoms with Crippen molar-refractivity contribution in [3.05, 3.63) is 39.7 Å². The van der Waals surface area contributed by atoms with Crippen LogP contribution in [0.2, 0.25) is 0 Å². The highest BCUT2D eigenvalue weighted by Gasteiger charge is 2.35. The number of hydrogen-bond donors (Lipinski definition) is 1. The molecule has 2 aromatic rings. The lowest BCUT2D eigenvalue weighted by Gasteiger charge is -2.10. The molecular weight excluding hydrogens is 343 g/mol. The highest BCUT2D eigenvalue weighted by Crippen LogP contribution is 2.38. The molecule has 0 bridgehead atoms. The number of oxazole rings is 1. The summed E-state index contributed by atoms with van der Waals surface area (Å²) in [6.07, 6.45) is -4.61. The van der Waals surface area contributed by atoms with Gasteiger partial charge in [0.1, 0.15) is 5.76 Å². The second kappa shape index (κ2) is 4.93. The van der Waals surface area contributed by atoms with E-state index in [4.69, 9.17) is 9.52 Å². The van der Waals surface area contributed by atoms with Gasteiger partial charge in [-0.1, -0.05) is 15.9 Å². The molecule has 0 spiro atoms. The van der Waals surface area contributed by atoms with Gasteiger partial charge in [-0.15, -0.1) is 0 Å².